The van der Waals surface area contributed by atoms with E-state index in [0.717, 1.165) is 18.5 Å². The van der Waals surface area contributed by atoms with Crippen LogP contribution in [-0.2, 0) is 0 Å². The van der Waals surface area contributed by atoms with Crippen LogP contribution >= 0.6 is 12.2 Å². The third-order valence-electron chi connectivity index (χ3n) is 2.41. The molecule has 1 heterocycles. The Morgan fingerprint density at radius 3 is 2.80 bits per heavy atom. The van der Waals surface area contributed by atoms with Gasteiger partial charge >= 0.3 is 6.01 Å². The molecule has 0 spiro atoms. The Morgan fingerprint density at radius 2 is 2.27 bits per heavy atom. The number of thiocarbonyl (C=S) groups is 1. The summed E-state index contributed by atoms with van der Waals surface area (Å²) >= 11 is 4.87. The summed E-state index contributed by atoms with van der Waals surface area (Å²) in [5, 5.41) is 0. The number of aryl methyl sites for hydroxylation is 1. The average molecular weight is 223 g/mol. The summed E-state index contributed by atoms with van der Waals surface area (Å²) < 4.78 is 5.58. The van der Waals surface area contributed by atoms with Crippen LogP contribution in [0.25, 0.3) is 0 Å². The van der Waals surface area contributed by atoms with Crippen LogP contribution in [0.5, 0.6) is 6.01 Å². The maximum absolute atomic E-state index is 5.58. The molecule has 1 saturated carbocycles. The lowest BCUT2D eigenvalue weighted by Crippen LogP contribution is -2.26. The minimum atomic E-state index is 0.269. The van der Waals surface area contributed by atoms with Crippen molar-refractivity contribution in [3.05, 3.63) is 17.5 Å². The van der Waals surface area contributed by atoms with Crippen molar-refractivity contribution in [3.63, 3.8) is 0 Å². The normalized spacial score (nSPS) is 15.8. The van der Waals surface area contributed by atoms with Crippen LogP contribution in [-0.4, -0.2) is 21.1 Å². The van der Waals surface area contributed by atoms with E-state index in [1.807, 2.05) is 6.92 Å². The van der Waals surface area contributed by atoms with E-state index in [1.54, 1.807) is 6.07 Å². The molecular formula is C10H13N3OS. The maximum Gasteiger partial charge on any atom is 0.317 e. The molecule has 0 bridgehead atoms. The standard InChI is InChI=1S/C10H13N3OS/c1-6-5-8(9(11)15)13-10(12-6)14-7-3-2-4-7/h5,7H,2-4H2,1H3,(H2,11,15). The lowest BCUT2D eigenvalue weighted by molar-refractivity contribution is 0.108. The summed E-state index contributed by atoms with van der Waals surface area (Å²) in [6.07, 6.45) is 3.66. The van der Waals surface area contributed by atoms with E-state index >= 15 is 0 Å². The van der Waals surface area contributed by atoms with E-state index in [1.165, 1.54) is 6.42 Å². The SMILES string of the molecule is Cc1cc(C(N)=S)nc(OC2CCC2)n1. The summed E-state index contributed by atoms with van der Waals surface area (Å²) in [4.78, 5) is 8.62. The number of aromatic nitrogens is 2. The largest absolute Gasteiger partial charge is 0.460 e. The van der Waals surface area contributed by atoms with Crippen molar-refractivity contribution in [2.75, 3.05) is 0 Å². The monoisotopic (exact) mass is 223 g/mol. The minimum absolute atomic E-state index is 0.269. The third-order valence-corrected chi connectivity index (χ3v) is 2.62. The molecule has 80 valence electrons. The topological polar surface area (TPSA) is 61.0 Å². The van der Waals surface area contributed by atoms with E-state index < -0.39 is 0 Å². The zero-order valence-electron chi connectivity index (χ0n) is 8.56. The van der Waals surface area contributed by atoms with Gasteiger partial charge in [-0.05, 0) is 32.3 Å². The fourth-order valence-corrected chi connectivity index (χ4v) is 1.46. The van der Waals surface area contributed by atoms with Crippen LogP contribution in [0, 0.1) is 6.92 Å². The Kier molecular flexibility index (Phi) is 2.81. The Hall–Kier alpha value is -1.23. The Bertz CT molecular complexity index is 390. The highest BCUT2D eigenvalue weighted by Gasteiger charge is 2.20. The molecular weight excluding hydrogens is 210 g/mol. The first kappa shape index (κ1) is 10.3. The van der Waals surface area contributed by atoms with Crippen molar-refractivity contribution in [2.24, 2.45) is 5.73 Å². The molecule has 1 fully saturated rings. The minimum Gasteiger partial charge on any atom is -0.460 e. The van der Waals surface area contributed by atoms with Gasteiger partial charge < -0.3 is 10.5 Å². The van der Waals surface area contributed by atoms with Crippen molar-refractivity contribution >= 4 is 17.2 Å². The van der Waals surface area contributed by atoms with Gasteiger partial charge in [0.1, 0.15) is 16.8 Å². The number of nitrogens with two attached hydrogens (primary N) is 1. The molecule has 0 aromatic carbocycles. The number of ether oxygens (including phenoxy) is 1. The van der Waals surface area contributed by atoms with Gasteiger partial charge in [-0.15, -0.1) is 0 Å². The van der Waals surface area contributed by atoms with Gasteiger partial charge in [0.2, 0.25) is 0 Å². The highest BCUT2D eigenvalue weighted by molar-refractivity contribution is 7.80. The van der Waals surface area contributed by atoms with Crippen LogP contribution in [0.3, 0.4) is 0 Å². The van der Waals surface area contributed by atoms with Crippen molar-refractivity contribution < 1.29 is 4.74 Å². The summed E-state index contributed by atoms with van der Waals surface area (Å²) in [6.45, 7) is 1.87. The second-order valence-corrected chi connectivity index (χ2v) is 4.15. The van der Waals surface area contributed by atoms with Gasteiger partial charge in [0.05, 0.1) is 0 Å². The van der Waals surface area contributed by atoms with Gasteiger partial charge in [0, 0.05) is 5.69 Å². The van der Waals surface area contributed by atoms with Crippen molar-refractivity contribution in [2.45, 2.75) is 32.3 Å². The predicted octanol–water partition coefficient (Wildman–Crippen LogP) is 1.35. The predicted molar refractivity (Wildman–Crippen MR) is 60.9 cm³/mol. The van der Waals surface area contributed by atoms with E-state index in [2.05, 4.69) is 9.97 Å². The van der Waals surface area contributed by atoms with Gasteiger partial charge in [-0.1, -0.05) is 12.2 Å². The molecule has 1 aromatic rings. The molecule has 0 saturated heterocycles. The number of rotatable bonds is 3. The molecule has 15 heavy (non-hydrogen) atoms. The van der Waals surface area contributed by atoms with Crippen LogP contribution in [0.15, 0.2) is 6.07 Å². The van der Waals surface area contributed by atoms with Gasteiger partial charge in [0.15, 0.2) is 0 Å². The van der Waals surface area contributed by atoms with Crippen LogP contribution < -0.4 is 10.5 Å². The number of nitrogens with zero attached hydrogens (tertiary/aromatic N) is 2. The molecule has 4 nitrogen and oxygen atoms in total. The summed E-state index contributed by atoms with van der Waals surface area (Å²) in [5.74, 6) is 0. The lowest BCUT2D eigenvalue weighted by Gasteiger charge is -2.25. The molecule has 2 N–H and O–H groups in total. The molecule has 0 radical (unpaired) electrons. The molecule has 1 aliphatic carbocycles. The summed E-state index contributed by atoms with van der Waals surface area (Å²) in [7, 11) is 0. The van der Waals surface area contributed by atoms with Crippen LogP contribution in [0.4, 0.5) is 0 Å². The zero-order valence-corrected chi connectivity index (χ0v) is 9.38. The van der Waals surface area contributed by atoms with Gasteiger partial charge in [-0.3, -0.25) is 0 Å². The third kappa shape index (κ3) is 2.41. The van der Waals surface area contributed by atoms with Crippen LogP contribution in [0.1, 0.15) is 30.7 Å². The highest BCUT2D eigenvalue weighted by atomic mass is 32.1. The van der Waals surface area contributed by atoms with E-state index in [9.17, 15) is 0 Å². The quantitative estimate of drug-likeness (QED) is 0.784. The van der Waals surface area contributed by atoms with Crippen molar-refractivity contribution in [1.29, 1.82) is 0 Å². The Morgan fingerprint density at radius 1 is 1.53 bits per heavy atom. The van der Waals surface area contributed by atoms with E-state index in [4.69, 9.17) is 22.7 Å². The fourth-order valence-electron chi connectivity index (χ4n) is 1.36. The van der Waals surface area contributed by atoms with Crippen molar-refractivity contribution in [3.8, 4) is 6.01 Å². The van der Waals surface area contributed by atoms with E-state index in [-0.39, 0.29) is 11.1 Å². The Balaban J connectivity index is 2.18. The molecule has 0 atom stereocenters. The van der Waals surface area contributed by atoms with E-state index in [0.29, 0.717) is 11.7 Å². The second kappa shape index (κ2) is 4.10. The molecule has 1 aromatic heterocycles. The maximum atomic E-state index is 5.58. The first-order valence-electron chi connectivity index (χ1n) is 4.97. The molecule has 5 heteroatoms. The molecule has 0 amide bonds. The molecule has 0 aliphatic heterocycles. The second-order valence-electron chi connectivity index (χ2n) is 3.71. The van der Waals surface area contributed by atoms with Crippen LogP contribution in [0.2, 0.25) is 0 Å². The first-order chi connectivity index (χ1) is 7.15. The number of hydrogen-bond donors (Lipinski definition) is 1. The van der Waals surface area contributed by atoms with Gasteiger partial charge in [-0.2, -0.15) is 4.98 Å². The summed E-state index contributed by atoms with van der Waals surface area (Å²) in [6, 6.07) is 2.15. The average Bonchev–Trinajstić information content (AvgIpc) is 2.10. The Labute approximate surface area is 93.9 Å². The zero-order chi connectivity index (χ0) is 10.8. The fraction of sp³-hybridized carbons (Fsp3) is 0.500. The molecule has 1 aliphatic rings. The highest BCUT2D eigenvalue weighted by Crippen LogP contribution is 2.23. The smallest absolute Gasteiger partial charge is 0.317 e. The molecule has 0 unspecified atom stereocenters. The first-order valence-corrected chi connectivity index (χ1v) is 5.38. The van der Waals surface area contributed by atoms with Gasteiger partial charge in [-0.25, -0.2) is 4.98 Å². The number of hydrogen-bond acceptors (Lipinski definition) is 4. The lowest BCUT2D eigenvalue weighted by atomic mass is 9.96. The van der Waals surface area contributed by atoms with Crippen molar-refractivity contribution in [1.82, 2.24) is 9.97 Å². The molecule has 2 rings (SSSR count). The van der Waals surface area contributed by atoms with Gasteiger partial charge in [0.25, 0.3) is 0 Å². The summed E-state index contributed by atoms with van der Waals surface area (Å²) in [5.41, 5.74) is 6.91.